The monoisotopic (exact) mass is 592 g/mol. The lowest BCUT2D eigenvalue weighted by Crippen LogP contribution is -2.29. The Bertz CT molecular complexity index is 1060. The molecule has 0 spiro atoms. The zero-order valence-electron chi connectivity index (χ0n) is 25.0. The van der Waals surface area contributed by atoms with E-state index in [1.807, 2.05) is 27.7 Å². The minimum absolute atomic E-state index is 0.0628. The molecule has 42 heavy (non-hydrogen) atoms. The predicted octanol–water partition coefficient (Wildman–Crippen LogP) is 4.08. The van der Waals surface area contributed by atoms with Gasteiger partial charge in [0.2, 0.25) is 12.3 Å². The fourth-order valence-corrected chi connectivity index (χ4v) is 2.18. The number of urea groups is 1. The first-order chi connectivity index (χ1) is 19.9. The van der Waals surface area contributed by atoms with Gasteiger partial charge in [0.1, 0.15) is 12.4 Å². The van der Waals surface area contributed by atoms with Crippen LogP contribution in [0, 0.1) is 16.0 Å². The number of carbonyl (C=O) groups is 4. The lowest BCUT2D eigenvalue weighted by atomic mass is 10.1. The second-order valence-electron chi connectivity index (χ2n) is 8.53. The summed E-state index contributed by atoms with van der Waals surface area (Å²) in [7, 11) is 0. The molecule has 0 radical (unpaired) electrons. The normalized spacial score (nSPS) is 10.0. The Morgan fingerprint density at radius 1 is 1.02 bits per heavy atom. The summed E-state index contributed by atoms with van der Waals surface area (Å²) in [6, 6.07) is 11.4. The summed E-state index contributed by atoms with van der Waals surface area (Å²) in [5, 5.41) is 17.8. The smallest absolute Gasteiger partial charge is 0.429 e. The van der Waals surface area contributed by atoms with Gasteiger partial charge in [-0.1, -0.05) is 46.8 Å². The predicted molar refractivity (Wildman–Crippen MR) is 161 cm³/mol. The summed E-state index contributed by atoms with van der Waals surface area (Å²) < 4.78 is 9.86. The number of rotatable bonds is 11. The van der Waals surface area contributed by atoms with E-state index in [1.165, 1.54) is 24.3 Å². The Morgan fingerprint density at radius 2 is 1.57 bits per heavy atom. The highest BCUT2D eigenvalue weighted by atomic mass is 16.7. The molecule has 4 amide bonds. The summed E-state index contributed by atoms with van der Waals surface area (Å²) in [6.45, 7) is 12.7. The standard InChI is InChI=1S/C17H15N3O7.C5H13N.C4H10N2O.C2H6/c21-11-18-9-16(22)19-13-3-1-12(2-4-13)10-26-17(23)27-15-7-5-14(6-8-15)20(24)25;1-4(2)5(3)6;1-2-3-6-4(5)7;1-2/h1-8,11H,9-10H2,(H,18,21)(H,19,22);4-5H,6H2,1-3H3;2-3H2,1H3,(H3,5,6,7);1-2H3. The van der Waals surface area contributed by atoms with E-state index >= 15 is 0 Å². The van der Waals surface area contributed by atoms with Crippen LogP contribution in [0.4, 0.5) is 21.0 Å². The second kappa shape index (κ2) is 24.1. The number of ether oxygens (including phenoxy) is 2. The molecule has 234 valence electrons. The van der Waals surface area contributed by atoms with E-state index in [0.717, 1.165) is 6.42 Å². The number of hydrogen-bond acceptors (Lipinski definition) is 9. The van der Waals surface area contributed by atoms with Crippen molar-refractivity contribution in [1.82, 2.24) is 10.6 Å². The van der Waals surface area contributed by atoms with Crippen LogP contribution < -0.4 is 32.2 Å². The molecule has 0 fully saturated rings. The van der Waals surface area contributed by atoms with Crippen molar-refractivity contribution < 1.29 is 33.6 Å². The highest BCUT2D eigenvalue weighted by molar-refractivity contribution is 5.93. The third kappa shape index (κ3) is 21.1. The lowest BCUT2D eigenvalue weighted by molar-refractivity contribution is -0.384. The Kier molecular flexibility index (Phi) is 22.6. The molecule has 7 N–H and O–H groups in total. The van der Waals surface area contributed by atoms with Crippen LogP contribution in [-0.2, 0) is 20.9 Å². The van der Waals surface area contributed by atoms with E-state index in [4.69, 9.17) is 20.9 Å². The van der Waals surface area contributed by atoms with Gasteiger partial charge >= 0.3 is 12.2 Å². The first-order valence-electron chi connectivity index (χ1n) is 13.3. The quantitative estimate of drug-likeness (QED) is 0.0833. The molecule has 0 aliphatic rings. The Balaban J connectivity index is 0. The van der Waals surface area contributed by atoms with E-state index in [2.05, 4.69) is 29.8 Å². The zero-order chi connectivity index (χ0) is 32.5. The van der Waals surface area contributed by atoms with Crippen LogP contribution in [-0.4, -0.2) is 48.6 Å². The van der Waals surface area contributed by atoms with E-state index in [1.54, 1.807) is 24.3 Å². The van der Waals surface area contributed by atoms with Crippen molar-refractivity contribution in [2.45, 2.75) is 60.6 Å². The Labute approximate surface area is 246 Å². The van der Waals surface area contributed by atoms with Crippen LogP contribution >= 0.6 is 0 Å². The van der Waals surface area contributed by atoms with E-state index in [-0.39, 0.29) is 30.5 Å². The molecule has 0 heterocycles. The van der Waals surface area contributed by atoms with Crippen molar-refractivity contribution in [3.05, 3.63) is 64.2 Å². The SMILES string of the molecule is CC.CC(C)C(C)N.CCCNC(N)=O.O=CNCC(=O)Nc1ccc(COC(=O)Oc2ccc([N+](=O)[O-])cc2)cc1. The molecule has 0 aliphatic heterocycles. The van der Waals surface area contributed by atoms with Gasteiger partial charge in [0.15, 0.2) is 0 Å². The maximum atomic E-state index is 11.6. The number of non-ortho nitro benzene ring substituents is 1. The number of hydrogen-bond donors (Lipinski definition) is 5. The Morgan fingerprint density at radius 3 is 1.98 bits per heavy atom. The van der Waals surface area contributed by atoms with Gasteiger partial charge in [0.05, 0.1) is 11.5 Å². The number of nitrogens with two attached hydrogens (primary N) is 2. The number of carbonyl (C=O) groups excluding carboxylic acids is 4. The summed E-state index contributed by atoms with van der Waals surface area (Å²) in [6.07, 6.45) is 0.403. The summed E-state index contributed by atoms with van der Waals surface area (Å²) in [5.74, 6) is 0.371. The van der Waals surface area contributed by atoms with Gasteiger partial charge in [-0.25, -0.2) is 9.59 Å². The zero-order valence-corrected chi connectivity index (χ0v) is 25.0. The van der Waals surface area contributed by atoms with Crippen molar-refractivity contribution in [2.75, 3.05) is 18.4 Å². The average molecular weight is 593 g/mol. The van der Waals surface area contributed by atoms with Crippen LogP contribution in [0.5, 0.6) is 5.75 Å². The number of benzene rings is 2. The Hall–Kier alpha value is -4.72. The molecule has 2 aromatic carbocycles. The number of nitro groups is 1. The number of anilines is 1. The molecule has 1 unspecified atom stereocenters. The highest BCUT2D eigenvalue weighted by Gasteiger charge is 2.10. The summed E-state index contributed by atoms with van der Waals surface area (Å²) in [4.78, 5) is 53.1. The highest BCUT2D eigenvalue weighted by Crippen LogP contribution is 2.18. The van der Waals surface area contributed by atoms with Crippen LogP contribution in [0.25, 0.3) is 0 Å². The molecular formula is C28H44N6O8. The molecule has 0 aliphatic carbocycles. The van der Waals surface area contributed by atoms with Crippen LogP contribution in [0.1, 0.15) is 53.5 Å². The van der Waals surface area contributed by atoms with Crippen LogP contribution in [0.15, 0.2) is 48.5 Å². The van der Waals surface area contributed by atoms with Crippen molar-refractivity contribution in [3.8, 4) is 5.75 Å². The molecule has 0 aromatic heterocycles. The van der Waals surface area contributed by atoms with Gasteiger partial charge < -0.3 is 36.9 Å². The molecule has 14 nitrogen and oxygen atoms in total. The average Bonchev–Trinajstić information content (AvgIpc) is 2.96. The number of nitrogens with zero attached hydrogens (tertiary/aromatic N) is 1. The number of primary amides is 1. The first kappa shape index (κ1) is 39.4. The molecule has 2 rings (SSSR count). The van der Waals surface area contributed by atoms with Gasteiger partial charge in [0.25, 0.3) is 5.69 Å². The minimum Gasteiger partial charge on any atom is -0.429 e. The van der Waals surface area contributed by atoms with Gasteiger partial charge in [-0.05, 0) is 49.1 Å². The maximum absolute atomic E-state index is 11.6. The van der Waals surface area contributed by atoms with Gasteiger partial charge in [0, 0.05) is 30.4 Å². The second-order valence-corrected chi connectivity index (χ2v) is 8.53. The van der Waals surface area contributed by atoms with E-state index in [9.17, 15) is 29.3 Å². The topological polar surface area (TPSA) is 218 Å². The lowest BCUT2D eigenvalue weighted by Gasteiger charge is -2.08. The third-order valence-corrected chi connectivity index (χ3v) is 4.79. The molecule has 2 aromatic rings. The molecule has 14 heteroatoms. The van der Waals surface area contributed by atoms with Gasteiger partial charge in [-0.15, -0.1) is 0 Å². The van der Waals surface area contributed by atoms with E-state index in [0.29, 0.717) is 36.2 Å². The van der Waals surface area contributed by atoms with Crippen LogP contribution in [0.3, 0.4) is 0 Å². The summed E-state index contributed by atoms with van der Waals surface area (Å²) >= 11 is 0. The van der Waals surface area contributed by atoms with Gasteiger partial charge in [-0.3, -0.25) is 19.7 Å². The fraction of sp³-hybridized carbons (Fsp3) is 0.429. The molecule has 0 saturated carbocycles. The molecule has 0 saturated heterocycles. The number of amides is 4. The van der Waals surface area contributed by atoms with Gasteiger partial charge in [-0.2, -0.15) is 0 Å². The summed E-state index contributed by atoms with van der Waals surface area (Å²) in [5.41, 5.74) is 11.2. The minimum atomic E-state index is -0.957. The third-order valence-electron chi connectivity index (χ3n) is 4.79. The fourth-order valence-electron chi connectivity index (χ4n) is 2.18. The molecular weight excluding hydrogens is 548 g/mol. The molecule has 0 bridgehead atoms. The van der Waals surface area contributed by atoms with Crippen molar-refractivity contribution in [2.24, 2.45) is 17.4 Å². The van der Waals surface area contributed by atoms with E-state index < -0.39 is 17.1 Å². The van der Waals surface area contributed by atoms with Crippen molar-refractivity contribution in [3.63, 3.8) is 0 Å². The maximum Gasteiger partial charge on any atom is 0.514 e. The number of nitrogens with one attached hydrogen (secondary N) is 3. The van der Waals surface area contributed by atoms with Crippen molar-refractivity contribution >= 4 is 35.9 Å². The van der Waals surface area contributed by atoms with Crippen LogP contribution in [0.2, 0.25) is 0 Å². The number of nitro benzene ring substituents is 1. The largest absolute Gasteiger partial charge is 0.514 e. The first-order valence-corrected chi connectivity index (χ1v) is 13.3. The van der Waals surface area contributed by atoms with Crippen molar-refractivity contribution in [1.29, 1.82) is 0 Å². The molecule has 1 atom stereocenters.